The second-order valence-corrected chi connectivity index (χ2v) is 5.30. The lowest BCUT2D eigenvalue weighted by Crippen LogP contribution is -3.19. The molecule has 1 fully saturated rings. The Hall–Kier alpha value is -0.0900. The summed E-state index contributed by atoms with van der Waals surface area (Å²) in [5, 5.41) is 2.39. The van der Waals surface area contributed by atoms with Crippen molar-refractivity contribution in [2.45, 2.75) is 6.54 Å². The molecule has 13 heavy (non-hydrogen) atoms. The van der Waals surface area contributed by atoms with E-state index >= 15 is 0 Å². The van der Waals surface area contributed by atoms with Crippen molar-refractivity contribution in [2.75, 3.05) is 26.2 Å². The molecule has 0 bridgehead atoms. The number of rotatable bonds is 2. The fourth-order valence-corrected chi connectivity index (χ4v) is 2.91. The molecule has 2 heterocycles. The van der Waals surface area contributed by atoms with Gasteiger partial charge in [-0.05, 0) is 12.1 Å². The van der Waals surface area contributed by atoms with E-state index in [1.165, 1.54) is 31.1 Å². The van der Waals surface area contributed by atoms with E-state index in [4.69, 9.17) is 11.6 Å². The zero-order valence-corrected chi connectivity index (χ0v) is 9.13. The largest absolute Gasteiger partial charge is 0.337 e. The predicted octanol–water partition coefficient (Wildman–Crippen LogP) is -0.637. The van der Waals surface area contributed by atoms with Gasteiger partial charge in [-0.3, -0.25) is 0 Å². The summed E-state index contributed by atoms with van der Waals surface area (Å²) in [5.74, 6) is 0. The van der Waals surface area contributed by atoms with Gasteiger partial charge in [-0.25, -0.2) is 0 Å². The summed E-state index contributed by atoms with van der Waals surface area (Å²) in [4.78, 5) is 3.11. The van der Waals surface area contributed by atoms with Gasteiger partial charge in [0.1, 0.15) is 32.7 Å². The minimum atomic E-state index is 0.915. The summed E-state index contributed by atoms with van der Waals surface area (Å²) < 4.78 is 0.915. The van der Waals surface area contributed by atoms with Crippen molar-refractivity contribution < 1.29 is 10.2 Å². The van der Waals surface area contributed by atoms with Crippen LogP contribution in [-0.2, 0) is 6.54 Å². The van der Waals surface area contributed by atoms with Crippen LogP contribution in [0.4, 0.5) is 0 Å². The topological polar surface area (TPSA) is 21.1 Å². The van der Waals surface area contributed by atoms with Crippen LogP contribution in [0.2, 0.25) is 4.34 Å². The second kappa shape index (κ2) is 4.42. The van der Waals surface area contributed by atoms with E-state index in [-0.39, 0.29) is 0 Å². The number of thiophene rings is 1. The zero-order valence-electron chi connectivity index (χ0n) is 7.55. The maximum absolute atomic E-state index is 5.88. The lowest BCUT2D eigenvalue weighted by Gasteiger charge is -2.21. The fourth-order valence-electron chi connectivity index (χ4n) is 1.75. The highest BCUT2D eigenvalue weighted by Gasteiger charge is 2.16. The number of nitrogens with two attached hydrogens (primary N) is 1. The Labute approximate surface area is 87.5 Å². The lowest BCUT2D eigenvalue weighted by atomic mass is 10.3. The Morgan fingerprint density at radius 2 is 2.15 bits per heavy atom. The first kappa shape index (κ1) is 9.46. The summed E-state index contributed by atoms with van der Waals surface area (Å²) in [5.41, 5.74) is 0. The van der Waals surface area contributed by atoms with Crippen molar-refractivity contribution >= 4 is 22.9 Å². The van der Waals surface area contributed by atoms with E-state index in [1.807, 2.05) is 6.07 Å². The molecule has 0 radical (unpaired) electrons. The van der Waals surface area contributed by atoms with Crippen molar-refractivity contribution in [3.8, 4) is 0 Å². The molecule has 72 valence electrons. The smallest absolute Gasteiger partial charge is 0.127 e. The Kier molecular flexibility index (Phi) is 3.22. The molecule has 1 aromatic heterocycles. The van der Waals surface area contributed by atoms with Crippen LogP contribution in [0.3, 0.4) is 0 Å². The molecule has 1 aliphatic heterocycles. The summed E-state index contributed by atoms with van der Waals surface area (Å²) in [6.07, 6.45) is 0. The van der Waals surface area contributed by atoms with Gasteiger partial charge in [0.25, 0.3) is 0 Å². The fraction of sp³-hybridized carbons (Fsp3) is 0.556. The normalized spacial score (nSPS) is 19.2. The van der Waals surface area contributed by atoms with Crippen LogP contribution < -0.4 is 10.2 Å². The third-order valence-corrected chi connectivity index (χ3v) is 3.69. The standard InChI is InChI=1S/C9H13ClN2S/c10-9-2-1-8(13-9)7-12-5-3-11-4-6-12/h1-2,11H,3-7H2/p+2. The zero-order chi connectivity index (χ0) is 9.10. The summed E-state index contributed by atoms with van der Waals surface area (Å²) in [6.45, 7) is 6.28. The van der Waals surface area contributed by atoms with E-state index in [0.29, 0.717) is 0 Å². The van der Waals surface area contributed by atoms with Crippen molar-refractivity contribution in [2.24, 2.45) is 0 Å². The highest BCUT2D eigenvalue weighted by molar-refractivity contribution is 7.16. The van der Waals surface area contributed by atoms with Gasteiger partial charge in [0.05, 0.1) is 9.21 Å². The molecule has 0 unspecified atom stereocenters. The molecule has 0 amide bonds. The van der Waals surface area contributed by atoms with Crippen LogP contribution in [0.1, 0.15) is 4.88 Å². The maximum Gasteiger partial charge on any atom is 0.127 e. The van der Waals surface area contributed by atoms with Gasteiger partial charge in [-0.15, -0.1) is 11.3 Å². The molecule has 4 heteroatoms. The first-order valence-electron chi connectivity index (χ1n) is 4.74. The van der Waals surface area contributed by atoms with E-state index in [1.54, 1.807) is 16.2 Å². The van der Waals surface area contributed by atoms with Crippen molar-refractivity contribution in [3.05, 3.63) is 21.3 Å². The van der Waals surface area contributed by atoms with Gasteiger partial charge in [0, 0.05) is 0 Å². The number of piperazine rings is 1. The molecule has 0 spiro atoms. The van der Waals surface area contributed by atoms with Gasteiger partial charge in [-0.1, -0.05) is 11.6 Å². The van der Waals surface area contributed by atoms with Gasteiger partial charge in [-0.2, -0.15) is 0 Å². The maximum atomic E-state index is 5.88. The molecular weight excluding hydrogens is 204 g/mol. The van der Waals surface area contributed by atoms with E-state index in [0.717, 1.165) is 10.9 Å². The van der Waals surface area contributed by atoms with E-state index < -0.39 is 0 Å². The monoisotopic (exact) mass is 218 g/mol. The van der Waals surface area contributed by atoms with E-state index in [9.17, 15) is 0 Å². The van der Waals surface area contributed by atoms with Gasteiger partial charge >= 0.3 is 0 Å². The molecule has 1 aliphatic rings. The minimum Gasteiger partial charge on any atom is -0.337 e. The first-order chi connectivity index (χ1) is 6.34. The number of hydrogen-bond acceptors (Lipinski definition) is 1. The lowest BCUT2D eigenvalue weighted by molar-refractivity contribution is -0.957. The first-order valence-corrected chi connectivity index (χ1v) is 5.93. The molecular formula is C9H15ClN2S+2. The summed E-state index contributed by atoms with van der Waals surface area (Å²) >= 11 is 7.60. The molecule has 1 saturated heterocycles. The minimum absolute atomic E-state index is 0.915. The SMILES string of the molecule is Clc1ccc(C[NH+]2CC[NH2+]CC2)s1. The second-order valence-electron chi connectivity index (χ2n) is 3.50. The quantitative estimate of drug-likeness (QED) is 0.660. The highest BCUT2D eigenvalue weighted by atomic mass is 35.5. The average molecular weight is 219 g/mol. The number of nitrogens with one attached hydrogen (secondary N) is 1. The highest BCUT2D eigenvalue weighted by Crippen LogP contribution is 2.20. The predicted molar refractivity (Wildman–Crippen MR) is 55.4 cm³/mol. The van der Waals surface area contributed by atoms with Crippen LogP contribution in [0, 0.1) is 0 Å². The Morgan fingerprint density at radius 3 is 2.77 bits per heavy atom. The van der Waals surface area contributed by atoms with Crippen molar-refractivity contribution in [1.29, 1.82) is 0 Å². The molecule has 0 atom stereocenters. The van der Waals surface area contributed by atoms with Gasteiger partial charge < -0.3 is 10.2 Å². The van der Waals surface area contributed by atoms with E-state index in [2.05, 4.69) is 11.4 Å². The molecule has 3 N–H and O–H groups in total. The molecule has 0 saturated carbocycles. The molecule has 1 aromatic rings. The van der Waals surface area contributed by atoms with Crippen LogP contribution in [0.25, 0.3) is 0 Å². The van der Waals surface area contributed by atoms with Crippen LogP contribution in [0.15, 0.2) is 12.1 Å². The molecule has 2 nitrogen and oxygen atoms in total. The van der Waals surface area contributed by atoms with Crippen LogP contribution in [0.5, 0.6) is 0 Å². The average Bonchev–Trinajstić information content (AvgIpc) is 2.53. The number of halogens is 1. The van der Waals surface area contributed by atoms with Crippen LogP contribution >= 0.6 is 22.9 Å². The van der Waals surface area contributed by atoms with Crippen molar-refractivity contribution in [1.82, 2.24) is 0 Å². The number of quaternary nitrogens is 2. The third kappa shape index (κ3) is 2.68. The summed E-state index contributed by atoms with van der Waals surface area (Å²) in [7, 11) is 0. The number of hydrogen-bond donors (Lipinski definition) is 2. The Bertz CT molecular complexity index is 268. The van der Waals surface area contributed by atoms with Crippen molar-refractivity contribution in [3.63, 3.8) is 0 Å². The van der Waals surface area contributed by atoms with Crippen LogP contribution in [-0.4, -0.2) is 26.2 Å². The molecule has 2 rings (SSSR count). The Morgan fingerprint density at radius 1 is 1.38 bits per heavy atom. The third-order valence-electron chi connectivity index (χ3n) is 2.46. The van der Waals surface area contributed by atoms with Gasteiger partial charge in [0.15, 0.2) is 0 Å². The molecule has 0 aromatic carbocycles. The summed E-state index contributed by atoms with van der Waals surface area (Å²) in [6, 6.07) is 4.15. The molecule has 0 aliphatic carbocycles. The Balaban J connectivity index is 1.89. The van der Waals surface area contributed by atoms with Gasteiger partial charge in [0.2, 0.25) is 0 Å².